The molecule has 23 heavy (non-hydrogen) atoms. The highest BCUT2D eigenvalue weighted by molar-refractivity contribution is 5.49. The maximum Gasteiger partial charge on any atom is 0.407 e. The van der Waals surface area contributed by atoms with Crippen LogP contribution in [-0.4, -0.2) is 11.1 Å². The van der Waals surface area contributed by atoms with Gasteiger partial charge in [-0.2, -0.15) is 13.2 Å². The molecule has 122 valence electrons. The number of benzene rings is 2. The first-order valence-electron chi connectivity index (χ1n) is 6.56. The lowest BCUT2D eigenvalue weighted by molar-refractivity contribution is -0.386. The van der Waals surface area contributed by atoms with Crippen LogP contribution in [0.4, 0.5) is 18.9 Å². The van der Waals surface area contributed by atoms with E-state index in [9.17, 15) is 23.3 Å². The number of alkyl halides is 3. The highest BCUT2D eigenvalue weighted by Crippen LogP contribution is 2.35. The van der Waals surface area contributed by atoms with Gasteiger partial charge in [-0.15, -0.1) is 0 Å². The summed E-state index contributed by atoms with van der Waals surface area (Å²) in [7, 11) is 0. The minimum absolute atomic E-state index is 0.0619. The molecule has 0 aliphatic rings. The SMILES string of the molecule is N[C@@H](c1ccc(OCc2ccccc2)c([N+](=O)[O-])c1)C(F)(F)F. The summed E-state index contributed by atoms with van der Waals surface area (Å²) in [6, 6.07) is 9.59. The summed E-state index contributed by atoms with van der Waals surface area (Å²) in [5.74, 6) is -0.114. The predicted molar refractivity (Wildman–Crippen MR) is 76.9 cm³/mol. The van der Waals surface area contributed by atoms with E-state index in [0.717, 1.165) is 23.8 Å². The van der Waals surface area contributed by atoms with E-state index >= 15 is 0 Å². The van der Waals surface area contributed by atoms with Crippen LogP contribution in [0.15, 0.2) is 48.5 Å². The Hall–Kier alpha value is -2.61. The third kappa shape index (κ3) is 4.19. The number of hydrogen-bond donors (Lipinski definition) is 1. The highest BCUT2D eigenvalue weighted by atomic mass is 19.4. The minimum Gasteiger partial charge on any atom is -0.482 e. The predicted octanol–water partition coefficient (Wildman–Crippen LogP) is 3.74. The summed E-state index contributed by atoms with van der Waals surface area (Å²) in [6.07, 6.45) is -4.68. The van der Waals surface area contributed by atoms with E-state index < -0.39 is 28.4 Å². The van der Waals surface area contributed by atoms with Crippen LogP contribution in [0, 0.1) is 10.1 Å². The molecule has 2 aromatic rings. The summed E-state index contributed by atoms with van der Waals surface area (Å²) >= 11 is 0. The fourth-order valence-electron chi connectivity index (χ4n) is 1.92. The molecule has 0 aliphatic carbocycles. The zero-order valence-electron chi connectivity index (χ0n) is 11.8. The number of nitrogens with two attached hydrogens (primary N) is 1. The van der Waals surface area contributed by atoms with E-state index in [2.05, 4.69) is 0 Å². The van der Waals surface area contributed by atoms with E-state index in [-0.39, 0.29) is 12.4 Å². The second-order valence-electron chi connectivity index (χ2n) is 4.78. The topological polar surface area (TPSA) is 78.4 Å². The zero-order chi connectivity index (χ0) is 17.0. The van der Waals surface area contributed by atoms with Crippen LogP contribution in [0.3, 0.4) is 0 Å². The molecule has 0 fully saturated rings. The highest BCUT2D eigenvalue weighted by Gasteiger charge is 2.38. The fourth-order valence-corrected chi connectivity index (χ4v) is 1.92. The third-order valence-electron chi connectivity index (χ3n) is 3.13. The maximum absolute atomic E-state index is 12.6. The van der Waals surface area contributed by atoms with Crippen LogP contribution in [0.25, 0.3) is 0 Å². The number of ether oxygens (including phenoxy) is 1. The number of nitro benzene ring substituents is 1. The molecule has 8 heteroatoms. The molecule has 0 bridgehead atoms. The average molecular weight is 326 g/mol. The van der Waals surface area contributed by atoms with E-state index in [1.54, 1.807) is 30.3 Å². The molecule has 2 N–H and O–H groups in total. The third-order valence-corrected chi connectivity index (χ3v) is 3.13. The lowest BCUT2D eigenvalue weighted by Crippen LogP contribution is -2.28. The molecule has 0 radical (unpaired) electrons. The Labute approximate surface area is 129 Å². The van der Waals surface area contributed by atoms with E-state index in [1.165, 1.54) is 0 Å². The van der Waals surface area contributed by atoms with E-state index in [0.29, 0.717) is 0 Å². The number of rotatable bonds is 5. The Morgan fingerprint density at radius 3 is 2.39 bits per heavy atom. The van der Waals surface area contributed by atoms with Gasteiger partial charge in [-0.1, -0.05) is 36.4 Å². The summed E-state index contributed by atoms with van der Waals surface area (Å²) in [4.78, 5) is 10.3. The van der Waals surface area contributed by atoms with Crippen LogP contribution >= 0.6 is 0 Å². The number of halogens is 3. The first-order valence-corrected chi connectivity index (χ1v) is 6.56. The first-order chi connectivity index (χ1) is 10.8. The molecule has 1 atom stereocenters. The standard InChI is InChI=1S/C15H13F3N2O3/c16-15(17,18)14(19)11-6-7-13(12(8-11)20(21)22)23-9-10-4-2-1-3-5-10/h1-8,14H,9,19H2/t14-/m0/s1. The number of hydrogen-bond acceptors (Lipinski definition) is 4. The molecule has 5 nitrogen and oxygen atoms in total. The van der Waals surface area contributed by atoms with Crippen molar-refractivity contribution in [2.24, 2.45) is 5.73 Å². The van der Waals surface area contributed by atoms with E-state index in [4.69, 9.17) is 10.5 Å². The second-order valence-corrected chi connectivity index (χ2v) is 4.78. The van der Waals surface area contributed by atoms with Gasteiger partial charge in [-0.05, 0) is 17.2 Å². The quantitative estimate of drug-likeness (QED) is 0.670. The van der Waals surface area contributed by atoms with Crippen molar-refractivity contribution in [3.63, 3.8) is 0 Å². The van der Waals surface area contributed by atoms with Gasteiger partial charge in [0.1, 0.15) is 12.6 Å². The van der Waals surface area contributed by atoms with Crippen LogP contribution < -0.4 is 10.5 Å². The molecular weight excluding hydrogens is 313 g/mol. The zero-order valence-corrected chi connectivity index (χ0v) is 11.8. The smallest absolute Gasteiger partial charge is 0.407 e. The van der Waals surface area contributed by atoms with Crippen LogP contribution in [0.5, 0.6) is 5.75 Å². The fraction of sp³-hybridized carbons (Fsp3) is 0.200. The van der Waals surface area contributed by atoms with Crippen LogP contribution in [-0.2, 0) is 6.61 Å². The van der Waals surface area contributed by atoms with Gasteiger partial charge in [0.15, 0.2) is 5.75 Å². The Bertz CT molecular complexity index is 690. The normalized spacial score (nSPS) is 12.7. The molecule has 0 spiro atoms. The average Bonchev–Trinajstić information content (AvgIpc) is 2.52. The molecule has 0 saturated carbocycles. The van der Waals surface area contributed by atoms with Crippen molar-refractivity contribution in [1.29, 1.82) is 0 Å². The van der Waals surface area contributed by atoms with Gasteiger partial charge in [-0.25, -0.2) is 0 Å². The monoisotopic (exact) mass is 326 g/mol. The van der Waals surface area contributed by atoms with Crippen molar-refractivity contribution in [3.05, 3.63) is 69.8 Å². The van der Waals surface area contributed by atoms with Crippen molar-refractivity contribution < 1.29 is 22.8 Å². The summed E-state index contributed by atoms with van der Waals surface area (Å²) in [5, 5.41) is 11.1. The van der Waals surface area contributed by atoms with Gasteiger partial charge >= 0.3 is 11.9 Å². The van der Waals surface area contributed by atoms with Crippen molar-refractivity contribution in [3.8, 4) is 5.75 Å². The Balaban J connectivity index is 2.25. The number of nitrogens with zero attached hydrogens (tertiary/aromatic N) is 1. The van der Waals surface area contributed by atoms with Gasteiger partial charge in [0.2, 0.25) is 0 Å². The molecular formula is C15H13F3N2O3. The van der Waals surface area contributed by atoms with Gasteiger partial charge < -0.3 is 10.5 Å². The summed E-state index contributed by atoms with van der Waals surface area (Å²) in [5.41, 5.74) is 4.89. The Morgan fingerprint density at radius 1 is 1.17 bits per heavy atom. The second kappa shape index (κ2) is 6.66. The number of nitro groups is 1. The molecule has 0 aromatic heterocycles. The Morgan fingerprint density at radius 2 is 1.83 bits per heavy atom. The molecule has 0 amide bonds. The molecule has 0 unspecified atom stereocenters. The summed E-state index contributed by atoms with van der Waals surface area (Å²) in [6.45, 7) is 0.0619. The molecule has 0 heterocycles. The minimum atomic E-state index is -4.68. The lowest BCUT2D eigenvalue weighted by atomic mass is 10.1. The van der Waals surface area contributed by atoms with E-state index in [1.807, 2.05) is 0 Å². The summed E-state index contributed by atoms with van der Waals surface area (Å²) < 4.78 is 43.2. The van der Waals surface area contributed by atoms with Gasteiger partial charge in [0.25, 0.3) is 0 Å². The Kier molecular flexibility index (Phi) is 4.85. The van der Waals surface area contributed by atoms with Gasteiger partial charge in [0, 0.05) is 6.07 Å². The van der Waals surface area contributed by atoms with Crippen molar-refractivity contribution in [2.45, 2.75) is 18.8 Å². The van der Waals surface area contributed by atoms with Gasteiger partial charge in [0.05, 0.1) is 4.92 Å². The van der Waals surface area contributed by atoms with Crippen LogP contribution in [0.2, 0.25) is 0 Å². The largest absolute Gasteiger partial charge is 0.482 e. The van der Waals surface area contributed by atoms with Crippen molar-refractivity contribution in [1.82, 2.24) is 0 Å². The van der Waals surface area contributed by atoms with Crippen molar-refractivity contribution in [2.75, 3.05) is 0 Å². The van der Waals surface area contributed by atoms with Crippen LogP contribution in [0.1, 0.15) is 17.2 Å². The first kappa shape index (κ1) is 16.8. The molecule has 0 aliphatic heterocycles. The maximum atomic E-state index is 12.6. The molecule has 2 aromatic carbocycles. The van der Waals surface area contributed by atoms with Crippen molar-refractivity contribution >= 4 is 5.69 Å². The van der Waals surface area contributed by atoms with Gasteiger partial charge in [-0.3, -0.25) is 10.1 Å². The lowest BCUT2D eigenvalue weighted by Gasteiger charge is -2.16. The molecule has 0 saturated heterocycles. The molecule has 2 rings (SSSR count).